The summed E-state index contributed by atoms with van der Waals surface area (Å²) < 4.78 is 12.7. The van der Waals surface area contributed by atoms with Crippen LogP contribution in [0.3, 0.4) is 0 Å². The minimum absolute atomic E-state index is 0. The maximum absolute atomic E-state index is 12.3. The van der Waals surface area contributed by atoms with Gasteiger partial charge in [0.2, 0.25) is 5.91 Å². The van der Waals surface area contributed by atoms with Crippen LogP contribution in [0.5, 0.6) is 11.5 Å². The second-order valence-electron chi connectivity index (χ2n) is 6.43. The summed E-state index contributed by atoms with van der Waals surface area (Å²) in [5, 5.41) is 7.03. The average molecular weight is 464 g/mol. The molecule has 0 spiro atoms. The summed E-state index contributed by atoms with van der Waals surface area (Å²) in [4.78, 5) is 19.2. The molecule has 0 atom stereocenters. The van der Waals surface area contributed by atoms with E-state index in [0.717, 1.165) is 28.3 Å². The van der Waals surface area contributed by atoms with E-state index in [1.54, 1.807) is 25.6 Å². The van der Waals surface area contributed by atoms with Crippen molar-refractivity contribution in [3.8, 4) is 22.8 Å². The van der Waals surface area contributed by atoms with Crippen molar-refractivity contribution >= 4 is 45.9 Å². The number of imidazole rings is 1. The Labute approximate surface area is 188 Å². The lowest BCUT2D eigenvalue weighted by Gasteiger charge is -2.08. The first-order chi connectivity index (χ1) is 14.2. The minimum Gasteiger partial charge on any atom is -0.493 e. The Hall–Kier alpha value is -2.55. The van der Waals surface area contributed by atoms with E-state index < -0.39 is 0 Å². The molecule has 0 saturated heterocycles. The quantitative estimate of drug-likeness (QED) is 0.419. The van der Waals surface area contributed by atoms with Gasteiger partial charge in [0.1, 0.15) is 0 Å². The molecule has 0 unspecified atom stereocenters. The van der Waals surface area contributed by atoms with Crippen molar-refractivity contribution in [1.82, 2.24) is 14.7 Å². The predicted octanol–water partition coefficient (Wildman–Crippen LogP) is 4.46. The molecular formula is C21H22ClN3O3S2. The van der Waals surface area contributed by atoms with E-state index in [1.807, 2.05) is 45.6 Å². The maximum Gasteiger partial charge on any atom is 0.225 e. The molecule has 0 aliphatic rings. The number of halogens is 1. The van der Waals surface area contributed by atoms with Gasteiger partial charge in [-0.1, -0.05) is 6.07 Å². The molecule has 6 nitrogen and oxygen atoms in total. The number of hydrogen-bond acceptors (Lipinski definition) is 6. The Morgan fingerprint density at radius 3 is 2.73 bits per heavy atom. The number of amides is 1. The molecule has 30 heavy (non-hydrogen) atoms. The van der Waals surface area contributed by atoms with Crippen molar-refractivity contribution in [2.24, 2.45) is 0 Å². The first-order valence-electron chi connectivity index (χ1n) is 9.15. The summed E-state index contributed by atoms with van der Waals surface area (Å²) >= 11 is 3.24. The van der Waals surface area contributed by atoms with Crippen LogP contribution in [0.4, 0.5) is 0 Å². The predicted molar refractivity (Wildman–Crippen MR) is 124 cm³/mol. The summed E-state index contributed by atoms with van der Waals surface area (Å²) in [7, 11) is 3.23. The molecule has 0 radical (unpaired) electrons. The summed E-state index contributed by atoms with van der Waals surface area (Å²) in [6.45, 7) is 0.646. The lowest BCUT2D eigenvalue weighted by Crippen LogP contribution is -2.27. The normalized spacial score (nSPS) is 10.6. The van der Waals surface area contributed by atoms with Gasteiger partial charge in [-0.15, -0.1) is 35.1 Å². The number of hydrogen-bond donors (Lipinski definition) is 1. The number of aromatic nitrogens is 2. The number of thiophene rings is 1. The van der Waals surface area contributed by atoms with Crippen molar-refractivity contribution in [2.75, 3.05) is 20.8 Å². The van der Waals surface area contributed by atoms with E-state index in [0.29, 0.717) is 24.5 Å². The summed E-state index contributed by atoms with van der Waals surface area (Å²) in [6, 6.07) is 9.83. The van der Waals surface area contributed by atoms with Gasteiger partial charge in [-0.25, -0.2) is 4.98 Å². The molecule has 0 bridgehead atoms. The fraction of sp³-hybridized carbons (Fsp3) is 0.238. The highest BCUT2D eigenvalue weighted by molar-refractivity contribution is 7.15. The largest absolute Gasteiger partial charge is 0.493 e. The lowest BCUT2D eigenvalue weighted by atomic mass is 10.1. The third kappa shape index (κ3) is 4.77. The molecule has 1 amide bonds. The SMILES string of the molecule is COc1ccc(-c2cn3c(CC(=O)NCCc4cccs4)csc3n2)cc1OC.Cl. The highest BCUT2D eigenvalue weighted by atomic mass is 35.5. The number of carbonyl (C=O) groups excluding carboxylic acids is 1. The molecular weight excluding hydrogens is 442 g/mol. The molecule has 3 aromatic heterocycles. The van der Waals surface area contributed by atoms with Crippen LogP contribution in [0.15, 0.2) is 47.3 Å². The van der Waals surface area contributed by atoms with Gasteiger partial charge in [0.15, 0.2) is 16.5 Å². The molecule has 1 N–H and O–H groups in total. The zero-order valence-electron chi connectivity index (χ0n) is 16.6. The van der Waals surface area contributed by atoms with Crippen LogP contribution in [0.1, 0.15) is 10.6 Å². The van der Waals surface area contributed by atoms with Crippen LogP contribution in [-0.2, 0) is 17.6 Å². The minimum atomic E-state index is 0. The Bertz CT molecular complexity index is 1120. The first-order valence-corrected chi connectivity index (χ1v) is 10.9. The van der Waals surface area contributed by atoms with Gasteiger partial charge >= 0.3 is 0 Å². The zero-order valence-corrected chi connectivity index (χ0v) is 19.0. The van der Waals surface area contributed by atoms with Crippen molar-refractivity contribution in [1.29, 1.82) is 0 Å². The highest BCUT2D eigenvalue weighted by Crippen LogP contribution is 2.32. The van der Waals surface area contributed by atoms with Crippen molar-refractivity contribution in [3.05, 3.63) is 57.9 Å². The second kappa shape index (κ2) is 9.97. The fourth-order valence-electron chi connectivity index (χ4n) is 3.10. The molecule has 9 heteroatoms. The van der Waals surface area contributed by atoms with Gasteiger partial charge < -0.3 is 14.8 Å². The topological polar surface area (TPSA) is 64.9 Å². The third-order valence-electron chi connectivity index (χ3n) is 4.58. The molecule has 0 fully saturated rings. The van der Waals surface area contributed by atoms with E-state index >= 15 is 0 Å². The van der Waals surface area contributed by atoms with Crippen LogP contribution in [0, 0.1) is 0 Å². The van der Waals surface area contributed by atoms with Crippen LogP contribution in [-0.4, -0.2) is 36.1 Å². The molecule has 158 valence electrons. The van der Waals surface area contributed by atoms with E-state index in [1.165, 1.54) is 16.2 Å². The average Bonchev–Trinajstić information content (AvgIpc) is 3.46. The fourth-order valence-corrected chi connectivity index (χ4v) is 4.68. The van der Waals surface area contributed by atoms with Gasteiger partial charge in [0, 0.05) is 34.3 Å². The summed E-state index contributed by atoms with van der Waals surface area (Å²) in [5.41, 5.74) is 2.69. The number of thiazole rings is 1. The Kier molecular flexibility index (Phi) is 7.36. The molecule has 4 aromatic rings. The number of rotatable bonds is 8. The van der Waals surface area contributed by atoms with Crippen molar-refractivity contribution < 1.29 is 14.3 Å². The number of fused-ring (bicyclic) bond motifs is 1. The third-order valence-corrected chi connectivity index (χ3v) is 6.40. The van der Waals surface area contributed by atoms with Crippen LogP contribution in [0.25, 0.3) is 16.2 Å². The van der Waals surface area contributed by atoms with Gasteiger partial charge in [0.25, 0.3) is 0 Å². The molecule has 1 aromatic carbocycles. The Morgan fingerprint density at radius 2 is 2.00 bits per heavy atom. The van der Waals surface area contributed by atoms with E-state index in [-0.39, 0.29) is 18.3 Å². The van der Waals surface area contributed by atoms with E-state index in [2.05, 4.69) is 11.4 Å². The number of nitrogens with zero attached hydrogens (tertiary/aromatic N) is 2. The first kappa shape index (κ1) is 22.1. The monoisotopic (exact) mass is 463 g/mol. The lowest BCUT2D eigenvalue weighted by molar-refractivity contribution is -0.120. The molecule has 3 heterocycles. The maximum atomic E-state index is 12.3. The molecule has 0 aliphatic carbocycles. The van der Waals surface area contributed by atoms with Crippen molar-refractivity contribution in [2.45, 2.75) is 12.8 Å². The summed E-state index contributed by atoms with van der Waals surface area (Å²) in [6.07, 6.45) is 3.14. The highest BCUT2D eigenvalue weighted by Gasteiger charge is 2.14. The second-order valence-corrected chi connectivity index (χ2v) is 8.30. The smallest absolute Gasteiger partial charge is 0.225 e. The molecule has 0 aliphatic heterocycles. The van der Waals surface area contributed by atoms with Gasteiger partial charge in [0.05, 0.1) is 26.3 Å². The number of carbonyl (C=O) groups is 1. The molecule has 4 rings (SSSR count). The zero-order chi connectivity index (χ0) is 20.2. The number of nitrogens with one attached hydrogen (secondary N) is 1. The molecule has 0 saturated carbocycles. The van der Waals surface area contributed by atoms with Crippen LogP contribution >= 0.6 is 35.1 Å². The van der Waals surface area contributed by atoms with Gasteiger partial charge in [-0.05, 0) is 36.1 Å². The van der Waals surface area contributed by atoms with Gasteiger partial charge in [-0.2, -0.15) is 0 Å². The number of methoxy groups -OCH3 is 2. The summed E-state index contributed by atoms with van der Waals surface area (Å²) in [5.74, 6) is 1.35. The Morgan fingerprint density at radius 1 is 1.17 bits per heavy atom. The van der Waals surface area contributed by atoms with E-state index in [4.69, 9.17) is 14.5 Å². The van der Waals surface area contributed by atoms with Crippen LogP contribution < -0.4 is 14.8 Å². The standard InChI is InChI=1S/C21H21N3O3S2.ClH/c1-26-18-6-5-14(10-19(18)27-2)17-12-24-15(13-29-21(24)23-17)11-20(25)22-8-7-16-4-3-9-28-16;/h3-6,9-10,12-13H,7-8,11H2,1-2H3,(H,22,25);1H. The van der Waals surface area contributed by atoms with Crippen LogP contribution in [0.2, 0.25) is 0 Å². The van der Waals surface area contributed by atoms with Crippen molar-refractivity contribution in [3.63, 3.8) is 0 Å². The Balaban J connectivity index is 0.00000256. The van der Waals surface area contributed by atoms with Gasteiger partial charge in [-0.3, -0.25) is 9.20 Å². The van der Waals surface area contributed by atoms with E-state index in [9.17, 15) is 4.79 Å². The number of benzene rings is 1. The number of ether oxygens (including phenoxy) is 2.